The van der Waals surface area contributed by atoms with Gasteiger partial charge in [0.05, 0.1) is 0 Å². The lowest BCUT2D eigenvalue weighted by Crippen LogP contribution is -2.50. The number of halogens is 1. The number of aromatic nitrogens is 4. The van der Waals surface area contributed by atoms with E-state index in [9.17, 15) is 4.79 Å². The van der Waals surface area contributed by atoms with Gasteiger partial charge in [-0.25, -0.2) is 0 Å². The number of nitrogens with one attached hydrogen (secondary N) is 2. The van der Waals surface area contributed by atoms with Crippen molar-refractivity contribution in [1.82, 2.24) is 25.9 Å². The first-order chi connectivity index (χ1) is 11.6. The van der Waals surface area contributed by atoms with Crippen LogP contribution in [-0.2, 0) is 16.8 Å². The maximum atomic E-state index is 12.8. The van der Waals surface area contributed by atoms with E-state index in [1.807, 2.05) is 31.2 Å². The molecule has 1 aromatic carbocycles. The minimum Gasteiger partial charge on any atom is -0.343 e. The van der Waals surface area contributed by atoms with Crippen molar-refractivity contribution in [3.05, 3.63) is 40.7 Å². The smallest absolute Gasteiger partial charge is 0.223 e. The first-order valence-corrected chi connectivity index (χ1v) is 8.78. The Morgan fingerprint density at radius 2 is 2.08 bits per heavy atom. The van der Waals surface area contributed by atoms with Gasteiger partial charge in [-0.05, 0) is 30.9 Å². The second-order valence-electron chi connectivity index (χ2n) is 6.56. The predicted molar refractivity (Wildman–Crippen MR) is 91.4 cm³/mol. The predicted octanol–water partition coefficient (Wildman–Crippen LogP) is 3.01. The zero-order valence-electron chi connectivity index (χ0n) is 13.8. The molecule has 1 saturated carbocycles. The normalized spacial score (nSPS) is 18.1. The van der Waals surface area contributed by atoms with E-state index in [-0.39, 0.29) is 11.8 Å². The van der Waals surface area contributed by atoms with Crippen LogP contribution in [-0.4, -0.2) is 26.5 Å². The number of carbonyl (C=O) groups is 1. The fourth-order valence-corrected chi connectivity index (χ4v) is 3.58. The number of nitrogens with zero attached hydrogens (tertiary/aromatic N) is 3. The highest BCUT2D eigenvalue weighted by Gasteiger charge is 2.39. The summed E-state index contributed by atoms with van der Waals surface area (Å²) in [5, 5.41) is 18.4. The summed E-state index contributed by atoms with van der Waals surface area (Å²) >= 11 is 6.21. The van der Waals surface area contributed by atoms with Crippen LogP contribution in [0.15, 0.2) is 24.3 Å². The molecule has 6 nitrogen and oxygen atoms in total. The third-order valence-electron chi connectivity index (χ3n) is 4.77. The van der Waals surface area contributed by atoms with Gasteiger partial charge in [0, 0.05) is 10.9 Å². The highest BCUT2D eigenvalue weighted by Crippen LogP contribution is 2.35. The Hall–Kier alpha value is -1.95. The number of amides is 1. The van der Waals surface area contributed by atoms with Gasteiger partial charge in [-0.15, -0.1) is 10.2 Å². The van der Waals surface area contributed by atoms with Crippen LogP contribution in [0.1, 0.15) is 50.4 Å². The molecule has 1 aliphatic carbocycles. The van der Waals surface area contributed by atoms with Crippen LogP contribution < -0.4 is 5.32 Å². The molecular weight excluding hydrogens is 326 g/mol. The molecule has 128 valence electrons. The van der Waals surface area contributed by atoms with Crippen LogP contribution in [0.2, 0.25) is 5.02 Å². The van der Waals surface area contributed by atoms with Crippen LogP contribution in [0.3, 0.4) is 0 Å². The van der Waals surface area contributed by atoms with Crippen molar-refractivity contribution in [2.45, 2.75) is 51.0 Å². The number of hydrogen-bond donors (Lipinski definition) is 2. The van der Waals surface area contributed by atoms with Crippen LogP contribution in [0.4, 0.5) is 0 Å². The number of carbonyl (C=O) groups excluding carboxylic acids is 1. The van der Waals surface area contributed by atoms with Gasteiger partial charge < -0.3 is 5.32 Å². The summed E-state index contributed by atoms with van der Waals surface area (Å²) in [5.74, 6) is 0.401. The Labute approximate surface area is 146 Å². The molecule has 0 saturated heterocycles. The van der Waals surface area contributed by atoms with Gasteiger partial charge >= 0.3 is 0 Å². The van der Waals surface area contributed by atoms with Gasteiger partial charge in [-0.1, -0.05) is 61.2 Å². The molecule has 0 aliphatic heterocycles. The Kier molecular flexibility index (Phi) is 5.14. The van der Waals surface area contributed by atoms with Crippen molar-refractivity contribution in [2.75, 3.05) is 0 Å². The summed E-state index contributed by atoms with van der Waals surface area (Å²) in [6.07, 6.45) is 5.56. The first kappa shape index (κ1) is 16.9. The zero-order chi connectivity index (χ0) is 17.0. The van der Waals surface area contributed by atoms with Gasteiger partial charge in [0.15, 0.2) is 5.82 Å². The third kappa shape index (κ3) is 3.59. The maximum Gasteiger partial charge on any atom is 0.223 e. The fourth-order valence-electron chi connectivity index (χ4n) is 3.37. The van der Waals surface area contributed by atoms with E-state index >= 15 is 0 Å². The van der Waals surface area contributed by atoms with Crippen molar-refractivity contribution in [2.24, 2.45) is 5.92 Å². The molecule has 1 fully saturated rings. The lowest BCUT2D eigenvalue weighted by atomic mass is 9.80. The third-order valence-corrected chi connectivity index (χ3v) is 5.14. The minimum absolute atomic E-state index is 0.00150. The molecule has 0 bridgehead atoms. The molecule has 1 unspecified atom stereocenters. The van der Waals surface area contributed by atoms with Crippen molar-refractivity contribution in [3.63, 3.8) is 0 Å². The summed E-state index contributed by atoms with van der Waals surface area (Å²) in [5.41, 5.74) is 0.482. The fraction of sp³-hybridized carbons (Fsp3) is 0.529. The summed E-state index contributed by atoms with van der Waals surface area (Å²) < 4.78 is 0. The topological polar surface area (TPSA) is 83.6 Å². The van der Waals surface area contributed by atoms with E-state index in [4.69, 9.17) is 11.6 Å². The second-order valence-corrected chi connectivity index (χ2v) is 6.97. The quantitative estimate of drug-likeness (QED) is 0.870. The Bertz CT molecular complexity index is 682. The summed E-state index contributed by atoms with van der Waals surface area (Å²) in [4.78, 5) is 12.8. The average molecular weight is 348 g/mol. The van der Waals surface area contributed by atoms with Crippen molar-refractivity contribution in [1.29, 1.82) is 0 Å². The number of hydrogen-bond acceptors (Lipinski definition) is 4. The molecular formula is C17H22ClN5O. The Balaban J connectivity index is 1.73. The van der Waals surface area contributed by atoms with E-state index in [1.54, 1.807) is 0 Å². The summed E-state index contributed by atoms with van der Waals surface area (Å²) in [6.45, 7) is 1.92. The van der Waals surface area contributed by atoms with E-state index < -0.39 is 5.54 Å². The van der Waals surface area contributed by atoms with Crippen molar-refractivity contribution < 1.29 is 4.79 Å². The molecule has 2 aromatic rings. The number of aromatic amines is 1. The number of H-pyrrole nitrogens is 1. The molecule has 1 aromatic heterocycles. The first-order valence-electron chi connectivity index (χ1n) is 8.40. The highest BCUT2D eigenvalue weighted by molar-refractivity contribution is 6.31. The molecule has 7 heteroatoms. The van der Waals surface area contributed by atoms with E-state index in [2.05, 4.69) is 25.9 Å². The molecule has 0 radical (unpaired) electrons. The highest BCUT2D eigenvalue weighted by atomic mass is 35.5. The minimum atomic E-state index is -0.503. The van der Waals surface area contributed by atoms with Crippen LogP contribution in [0, 0.1) is 5.92 Å². The van der Waals surface area contributed by atoms with Crippen LogP contribution in [0.25, 0.3) is 0 Å². The van der Waals surface area contributed by atoms with Gasteiger partial charge in [0.2, 0.25) is 5.91 Å². The maximum absolute atomic E-state index is 12.8. The molecule has 0 spiro atoms. The molecule has 3 rings (SSSR count). The average Bonchev–Trinajstić information content (AvgIpc) is 3.13. The second kappa shape index (κ2) is 7.30. The van der Waals surface area contributed by atoms with Crippen LogP contribution in [0.5, 0.6) is 0 Å². The molecule has 1 heterocycles. The standard InChI is InChI=1S/C17H22ClN5O/c1-12(11-13-7-3-4-8-14(13)18)15(24)19-17(9-5-2-6-10-17)16-20-22-23-21-16/h3-4,7-8,12H,2,5-6,9-11H2,1H3,(H,19,24)(H,20,21,22,23). The van der Waals surface area contributed by atoms with Gasteiger partial charge in [0.25, 0.3) is 0 Å². The monoisotopic (exact) mass is 347 g/mol. The number of tetrazole rings is 1. The summed E-state index contributed by atoms with van der Waals surface area (Å²) in [6, 6.07) is 7.64. The van der Waals surface area contributed by atoms with Crippen molar-refractivity contribution in [3.8, 4) is 0 Å². The van der Waals surface area contributed by atoms with Crippen molar-refractivity contribution >= 4 is 17.5 Å². The van der Waals surface area contributed by atoms with Gasteiger partial charge in [0.1, 0.15) is 5.54 Å². The lowest BCUT2D eigenvalue weighted by Gasteiger charge is -2.36. The number of rotatable bonds is 5. The molecule has 1 aliphatic rings. The van der Waals surface area contributed by atoms with Gasteiger partial charge in [-0.3, -0.25) is 4.79 Å². The molecule has 2 N–H and O–H groups in total. The van der Waals surface area contributed by atoms with Gasteiger partial charge in [-0.2, -0.15) is 5.21 Å². The molecule has 1 atom stereocenters. The lowest BCUT2D eigenvalue weighted by molar-refractivity contribution is -0.127. The zero-order valence-corrected chi connectivity index (χ0v) is 14.5. The van der Waals surface area contributed by atoms with E-state index in [1.165, 1.54) is 6.42 Å². The molecule has 1 amide bonds. The Morgan fingerprint density at radius 1 is 1.33 bits per heavy atom. The summed E-state index contributed by atoms with van der Waals surface area (Å²) in [7, 11) is 0. The molecule has 24 heavy (non-hydrogen) atoms. The van der Waals surface area contributed by atoms with E-state index in [0.29, 0.717) is 17.3 Å². The number of benzene rings is 1. The Morgan fingerprint density at radius 3 is 2.75 bits per heavy atom. The van der Waals surface area contributed by atoms with E-state index in [0.717, 1.165) is 31.2 Å². The SMILES string of the molecule is CC(Cc1ccccc1Cl)C(=O)NC1(c2nn[nH]n2)CCCCC1. The largest absolute Gasteiger partial charge is 0.343 e. The van der Waals surface area contributed by atoms with Crippen LogP contribution >= 0.6 is 11.6 Å².